The Balaban J connectivity index is 1.61. The van der Waals surface area contributed by atoms with Crippen molar-refractivity contribution in [2.24, 2.45) is 0 Å². The van der Waals surface area contributed by atoms with Crippen molar-refractivity contribution in [2.75, 3.05) is 13.2 Å². The van der Waals surface area contributed by atoms with E-state index in [1.807, 2.05) is 24.3 Å². The number of carbonyl (C=O) groups excluding carboxylic acids is 2. The Morgan fingerprint density at radius 3 is 2.35 bits per heavy atom. The quantitative estimate of drug-likeness (QED) is 0.638. The number of ether oxygens (including phenoxy) is 1. The van der Waals surface area contributed by atoms with Crippen molar-refractivity contribution in [3.63, 3.8) is 0 Å². The molecule has 7 nitrogen and oxygen atoms in total. The molecule has 0 saturated carbocycles. The summed E-state index contributed by atoms with van der Waals surface area (Å²) in [5.41, 5.74) is 1.54. The highest BCUT2D eigenvalue weighted by molar-refractivity contribution is 6.07. The number of aliphatic hydroxyl groups excluding tert-OH is 1. The predicted molar refractivity (Wildman–Crippen MR) is 115 cm³/mol. The summed E-state index contributed by atoms with van der Waals surface area (Å²) < 4.78 is 5.55. The number of aliphatic hydroxyl groups is 1. The van der Waals surface area contributed by atoms with E-state index in [0.29, 0.717) is 23.7 Å². The summed E-state index contributed by atoms with van der Waals surface area (Å²) in [6, 6.07) is 16.1. The first kappa shape index (κ1) is 22.3. The average molecular weight is 421 g/mol. The van der Waals surface area contributed by atoms with E-state index in [-0.39, 0.29) is 13.2 Å². The van der Waals surface area contributed by atoms with Crippen molar-refractivity contribution in [3.8, 4) is 11.8 Å². The molecule has 0 spiro atoms. The lowest BCUT2D eigenvalue weighted by molar-refractivity contribution is -0.132. The lowest BCUT2D eigenvalue weighted by Gasteiger charge is -2.23. The number of imide groups is 1. The van der Waals surface area contributed by atoms with E-state index in [4.69, 9.17) is 10.00 Å². The largest absolute Gasteiger partial charge is 0.491 e. The van der Waals surface area contributed by atoms with Gasteiger partial charge in [0, 0.05) is 0 Å². The second-order valence-corrected chi connectivity index (χ2v) is 8.19. The minimum atomic E-state index is -1.18. The normalized spacial score (nSPS) is 19.3. The molecule has 1 heterocycles. The second kappa shape index (κ2) is 9.19. The van der Waals surface area contributed by atoms with Gasteiger partial charge in [-0.1, -0.05) is 50.2 Å². The Labute approximate surface area is 182 Å². The van der Waals surface area contributed by atoms with Gasteiger partial charge in [-0.05, 0) is 41.7 Å². The Morgan fingerprint density at radius 1 is 1.13 bits per heavy atom. The van der Waals surface area contributed by atoms with Crippen LogP contribution in [0.3, 0.4) is 0 Å². The van der Waals surface area contributed by atoms with Gasteiger partial charge in [-0.25, -0.2) is 4.79 Å². The zero-order valence-corrected chi connectivity index (χ0v) is 18.0. The number of carbonyl (C=O) groups is 2. The van der Waals surface area contributed by atoms with Gasteiger partial charge < -0.3 is 15.2 Å². The molecule has 1 aliphatic rings. The molecule has 162 valence electrons. The molecule has 7 heteroatoms. The van der Waals surface area contributed by atoms with E-state index in [2.05, 4.69) is 25.2 Å². The van der Waals surface area contributed by atoms with E-state index < -0.39 is 23.6 Å². The standard InChI is InChI=1S/C24H27N3O4/c1-16(2)18-6-8-19(9-7-18)24(3)22(29)27(23(30)26-24)14-20(28)15-31-21-10-4-17(5-11-21)12-13-25/h4-11,16,20,28H,12,14-15H2,1-3H3,(H,26,30)/t20-,24+/m1/s1. The fourth-order valence-corrected chi connectivity index (χ4v) is 3.51. The first-order valence-electron chi connectivity index (χ1n) is 10.3. The molecule has 1 aliphatic heterocycles. The first-order chi connectivity index (χ1) is 14.7. The summed E-state index contributed by atoms with van der Waals surface area (Å²) in [5.74, 6) is 0.493. The number of hydrogen-bond donors (Lipinski definition) is 2. The molecule has 3 amide bonds. The molecule has 0 aromatic heterocycles. The Morgan fingerprint density at radius 2 is 1.77 bits per heavy atom. The van der Waals surface area contributed by atoms with Crippen LogP contribution in [0.15, 0.2) is 48.5 Å². The molecule has 0 aliphatic carbocycles. The van der Waals surface area contributed by atoms with E-state index >= 15 is 0 Å². The van der Waals surface area contributed by atoms with Gasteiger partial charge >= 0.3 is 6.03 Å². The van der Waals surface area contributed by atoms with Gasteiger partial charge in [-0.3, -0.25) is 9.69 Å². The molecule has 2 atom stereocenters. The molecular weight excluding hydrogens is 394 g/mol. The highest BCUT2D eigenvalue weighted by Crippen LogP contribution is 2.30. The topological polar surface area (TPSA) is 103 Å². The van der Waals surface area contributed by atoms with Crippen LogP contribution in [0, 0.1) is 11.3 Å². The Hall–Kier alpha value is -3.37. The first-order valence-corrected chi connectivity index (χ1v) is 10.3. The minimum absolute atomic E-state index is 0.0749. The SMILES string of the molecule is CC(C)c1ccc([C@]2(C)NC(=O)N(C[C@@H](O)COc3ccc(CC#N)cc3)C2=O)cc1. The summed E-state index contributed by atoms with van der Waals surface area (Å²) in [4.78, 5) is 26.5. The third-order valence-corrected chi connectivity index (χ3v) is 5.47. The Kier molecular flexibility index (Phi) is 6.62. The molecule has 31 heavy (non-hydrogen) atoms. The fraction of sp³-hybridized carbons (Fsp3) is 0.375. The predicted octanol–water partition coefficient (Wildman–Crippen LogP) is 3.08. The molecule has 1 fully saturated rings. The number of amides is 3. The van der Waals surface area contributed by atoms with Crippen LogP contribution in [0.1, 0.15) is 43.4 Å². The van der Waals surface area contributed by atoms with Gasteiger partial charge in [-0.15, -0.1) is 0 Å². The van der Waals surface area contributed by atoms with Gasteiger partial charge in [0.25, 0.3) is 5.91 Å². The third-order valence-electron chi connectivity index (χ3n) is 5.47. The fourth-order valence-electron chi connectivity index (χ4n) is 3.51. The molecule has 2 aromatic carbocycles. The lowest BCUT2D eigenvalue weighted by atomic mass is 9.90. The minimum Gasteiger partial charge on any atom is -0.491 e. The smallest absolute Gasteiger partial charge is 0.325 e. The Bertz CT molecular complexity index is 979. The van der Waals surface area contributed by atoms with Crippen molar-refractivity contribution in [1.82, 2.24) is 10.2 Å². The van der Waals surface area contributed by atoms with Gasteiger partial charge in [0.1, 0.15) is 24.0 Å². The number of β-amino-alcohol motifs (C(OH)–C–C–N with tert-alkyl or cyclic N) is 1. The van der Waals surface area contributed by atoms with Gasteiger partial charge in [0.05, 0.1) is 19.0 Å². The van der Waals surface area contributed by atoms with Crippen LogP contribution in [0.2, 0.25) is 0 Å². The van der Waals surface area contributed by atoms with Crippen molar-refractivity contribution >= 4 is 11.9 Å². The van der Waals surface area contributed by atoms with Crippen LogP contribution in [-0.4, -0.2) is 41.2 Å². The highest BCUT2D eigenvalue weighted by atomic mass is 16.5. The maximum atomic E-state index is 13.0. The van der Waals surface area contributed by atoms with Crippen LogP contribution in [0.4, 0.5) is 4.79 Å². The van der Waals surface area contributed by atoms with Crippen LogP contribution < -0.4 is 10.1 Å². The molecule has 0 bridgehead atoms. The second-order valence-electron chi connectivity index (χ2n) is 8.19. The van der Waals surface area contributed by atoms with E-state index in [0.717, 1.165) is 16.0 Å². The molecule has 1 saturated heterocycles. The van der Waals surface area contributed by atoms with E-state index in [1.165, 1.54) is 0 Å². The van der Waals surface area contributed by atoms with Crippen LogP contribution in [-0.2, 0) is 16.8 Å². The molecule has 2 N–H and O–H groups in total. The number of nitrogens with zero attached hydrogens (tertiary/aromatic N) is 2. The van der Waals surface area contributed by atoms with Crippen molar-refractivity contribution < 1.29 is 19.4 Å². The summed E-state index contributed by atoms with van der Waals surface area (Å²) in [5, 5.41) is 21.8. The van der Waals surface area contributed by atoms with Gasteiger partial charge in [0.2, 0.25) is 0 Å². The number of rotatable bonds is 8. The number of hydrogen-bond acceptors (Lipinski definition) is 5. The summed E-state index contributed by atoms with van der Waals surface area (Å²) in [6.45, 7) is 5.60. The molecule has 2 aromatic rings. The van der Waals surface area contributed by atoms with Crippen molar-refractivity contribution in [3.05, 3.63) is 65.2 Å². The monoisotopic (exact) mass is 421 g/mol. The van der Waals surface area contributed by atoms with E-state index in [9.17, 15) is 14.7 Å². The van der Waals surface area contributed by atoms with Crippen molar-refractivity contribution in [2.45, 2.75) is 44.8 Å². The zero-order chi connectivity index (χ0) is 22.6. The summed E-state index contributed by atoms with van der Waals surface area (Å²) in [6.07, 6.45) is -0.729. The lowest BCUT2D eigenvalue weighted by Crippen LogP contribution is -2.42. The maximum Gasteiger partial charge on any atom is 0.325 e. The van der Waals surface area contributed by atoms with E-state index in [1.54, 1.807) is 31.2 Å². The molecule has 0 radical (unpaired) electrons. The number of urea groups is 1. The van der Waals surface area contributed by atoms with Crippen molar-refractivity contribution in [1.29, 1.82) is 5.26 Å². The maximum absolute atomic E-state index is 13.0. The zero-order valence-electron chi connectivity index (χ0n) is 18.0. The van der Waals surface area contributed by atoms with Crippen LogP contribution in [0.5, 0.6) is 5.75 Å². The van der Waals surface area contributed by atoms with Crippen LogP contribution >= 0.6 is 0 Å². The number of nitriles is 1. The molecule has 0 unspecified atom stereocenters. The third kappa shape index (κ3) is 4.86. The number of nitrogens with one attached hydrogen (secondary N) is 1. The number of benzene rings is 2. The highest BCUT2D eigenvalue weighted by Gasteiger charge is 2.49. The summed E-state index contributed by atoms with van der Waals surface area (Å²) in [7, 11) is 0. The average Bonchev–Trinajstić information content (AvgIpc) is 2.97. The molecule has 3 rings (SSSR count). The van der Waals surface area contributed by atoms with Gasteiger partial charge in [0.15, 0.2) is 0 Å². The van der Waals surface area contributed by atoms with Crippen LogP contribution in [0.25, 0.3) is 0 Å². The summed E-state index contributed by atoms with van der Waals surface area (Å²) >= 11 is 0. The molecular formula is C24H27N3O4. The van der Waals surface area contributed by atoms with Gasteiger partial charge in [-0.2, -0.15) is 5.26 Å².